The third kappa shape index (κ3) is 4.02. The minimum absolute atomic E-state index is 0.00466. The molecule has 0 aliphatic carbocycles. The number of hydrogen-bond donors (Lipinski definition) is 1. The fourth-order valence-corrected chi connectivity index (χ4v) is 3.71. The van der Waals surface area contributed by atoms with Gasteiger partial charge in [0.1, 0.15) is 12.4 Å². The number of aryl methyl sites for hydroxylation is 1. The van der Waals surface area contributed by atoms with Crippen LogP contribution in [0.4, 0.5) is 0 Å². The third-order valence-corrected chi connectivity index (χ3v) is 5.58. The molecule has 1 aliphatic heterocycles. The zero-order valence-corrected chi connectivity index (χ0v) is 15.8. The van der Waals surface area contributed by atoms with Crippen LogP contribution in [0.3, 0.4) is 0 Å². The van der Waals surface area contributed by atoms with Crippen LogP contribution in [-0.2, 0) is 6.61 Å². The summed E-state index contributed by atoms with van der Waals surface area (Å²) in [5, 5.41) is 2.99. The van der Waals surface area contributed by atoms with Gasteiger partial charge in [-0.25, -0.2) is 4.98 Å². The van der Waals surface area contributed by atoms with Crippen LogP contribution in [0.25, 0.3) is 0 Å². The summed E-state index contributed by atoms with van der Waals surface area (Å²) in [4.78, 5) is 19.3. The SMILES string of the molecule is Cc1nc(COc2ccccc2C(=O)N2CCC(N)C(C)(C)C2)cs1. The van der Waals surface area contributed by atoms with E-state index in [1.807, 2.05) is 41.5 Å². The van der Waals surface area contributed by atoms with Crippen molar-refractivity contribution in [3.63, 3.8) is 0 Å². The van der Waals surface area contributed by atoms with Gasteiger partial charge in [-0.1, -0.05) is 26.0 Å². The van der Waals surface area contributed by atoms with Crippen molar-refractivity contribution in [2.24, 2.45) is 11.1 Å². The van der Waals surface area contributed by atoms with Crippen LogP contribution < -0.4 is 10.5 Å². The summed E-state index contributed by atoms with van der Waals surface area (Å²) in [5.41, 5.74) is 7.59. The maximum Gasteiger partial charge on any atom is 0.257 e. The van der Waals surface area contributed by atoms with Crippen LogP contribution in [0, 0.1) is 12.3 Å². The average molecular weight is 359 g/mol. The van der Waals surface area contributed by atoms with Crippen molar-refractivity contribution in [2.45, 2.75) is 39.8 Å². The third-order valence-electron chi connectivity index (χ3n) is 4.76. The fourth-order valence-electron chi connectivity index (χ4n) is 3.11. The average Bonchev–Trinajstić information content (AvgIpc) is 3.00. The Morgan fingerprint density at radius 2 is 2.20 bits per heavy atom. The Labute approximate surface area is 152 Å². The van der Waals surface area contributed by atoms with E-state index in [1.165, 1.54) is 0 Å². The lowest BCUT2D eigenvalue weighted by molar-refractivity contribution is 0.0528. The van der Waals surface area contributed by atoms with Crippen molar-refractivity contribution in [2.75, 3.05) is 13.1 Å². The van der Waals surface area contributed by atoms with E-state index in [0.717, 1.165) is 17.1 Å². The van der Waals surface area contributed by atoms with E-state index in [2.05, 4.69) is 18.8 Å². The lowest BCUT2D eigenvalue weighted by Crippen LogP contribution is -2.54. The Kier molecular flexibility index (Phi) is 5.11. The zero-order chi connectivity index (χ0) is 18.0. The number of hydrogen-bond acceptors (Lipinski definition) is 5. The molecule has 1 aliphatic rings. The largest absolute Gasteiger partial charge is 0.486 e. The number of thiazole rings is 1. The molecule has 1 aromatic heterocycles. The van der Waals surface area contributed by atoms with Crippen LogP contribution in [-0.4, -0.2) is 34.9 Å². The van der Waals surface area contributed by atoms with Crippen molar-refractivity contribution in [3.8, 4) is 5.75 Å². The highest BCUT2D eigenvalue weighted by Crippen LogP contribution is 2.30. The first-order valence-corrected chi connectivity index (χ1v) is 9.42. The summed E-state index contributed by atoms with van der Waals surface area (Å²) in [5.74, 6) is 0.607. The quantitative estimate of drug-likeness (QED) is 0.910. The van der Waals surface area contributed by atoms with Gasteiger partial charge >= 0.3 is 0 Å². The summed E-state index contributed by atoms with van der Waals surface area (Å²) in [6, 6.07) is 7.54. The molecule has 2 aromatic rings. The monoisotopic (exact) mass is 359 g/mol. The van der Waals surface area contributed by atoms with Crippen LogP contribution in [0.2, 0.25) is 0 Å². The molecule has 1 saturated heterocycles. The molecule has 0 bridgehead atoms. The first-order valence-electron chi connectivity index (χ1n) is 8.54. The highest BCUT2D eigenvalue weighted by molar-refractivity contribution is 7.09. The molecule has 0 spiro atoms. The van der Waals surface area contributed by atoms with E-state index >= 15 is 0 Å². The smallest absolute Gasteiger partial charge is 0.257 e. The van der Waals surface area contributed by atoms with Crippen LogP contribution in [0.15, 0.2) is 29.6 Å². The van der Waals surface area contributed by atoms with E-state index in [4.69, 9.17) is 10.5 Å². The summed E-state index contributed by atoms with van der Waals surface area (Å²) in [6.07, 6.45) is 0.819. The number of rotatable bonds is 4. The van der Waals surface area contributed by atoms with E-state index in [0.29, 0.717) is 31.0 Å². The van der Waals surface area contributed by atoms with Gasteiger partial charge in [-0.15, -0.1) is 11.3 Å². The molecule has 2 N–H and O–H groups in total. The predicted octanol–water partition coefficient (Wildman–Crippen LogP) is 3.23. The van der Waals surface area contributed by atoms with Gasteiger partial charge in [0.2, 0.25) is 0 Å². The number of ether oxygens (including phenoxy) is 1. The van der Waals surface area contributed by atoms with E-state index in [1.54, 1.807) is 11.3 Å². The summed E-state index contributed by atoms with van der Waals surface area (Å²) in [7, 11) is 0. The van der Waals surface area contributed by atoms with Crippen LogP contribution >= 0.6 is 11.3 Å². The Balaban J connectivity index is 1.74. The van der Waals surface area contributed by atoms with Crippen molar-refractivity contribution < 1.29 is 9.53 Å². The maximum absolute atomic E-state index is 13.0. The van der Waals surface area contributed by atoms with Crippen molar-refractivity contribution in [1.29, 1.82) is 0 Å². The second-order valence-electron chi connectivity index (χ2n) is 7.25. The number of benzene rings is 1. The van der Waals surface area contributed by atoms with Crippen LogP contribution in [0.5, 0.6) is 5.75 Å². The fraction of sp³-hybridized carbons (Fsp3) is 0.474. The molecule has 0 radical (unpaired) electrons. The number of likely N-dealkylation sites (tertiary alicyclic amines) is 1. The van der Waals surface area contributed by atoms with Gasteiger partial charge in [0.05, 0.1) is 16.3 Å². The van der Waals surface area contributed by atoms with Gasteiger partial charge in [0, 0.05) is 24.5 Å². The summed E-state index contributed by atoms with van der Waals surface area (Å²) < 4.78 is 5.89. The van der Waals surface area contributed by atoms with Crippen LogP contribution in [0.1, 0.15) is 41.3 Å². The van der Waals surface area contributed by atoms with E-state index < -0.39 is 0 Å². The number of aromatic nitrogens is 1. The highest BCUT2D eigenvalue weighted by atomic mass is 32.1. The predicted molar refractivity (Wildman–Crippen MR) is 99.9 cm³/mol. The maximum atomic E-state index is 13.0. The van der Waals surface area contributed by atoms with Crippen molar-refractivity contribution in [1.82, 2.24) is 9.88 Å². The lowest BCUT2D eigenvalue weighted by Gasteiger charge is -2.42. The normalized spacial score (nSPS) is 19.7. The van der Waals surface area contributed by atoms with E-state index in [-0.39, 0.29) is 17.4 Å². The number of para-hydroxylation sites is 1. The summed E-state index contributed by atoms with van der Waals surface area (Å²) in [6.45, 7) is 7.91. The molecule has 1 unspecified atom stereocenters. The minimum Gasteiger partial charge on any atom is -0.486 e. The number of nitrogens with zero attached hydrogens (tertiary/aromatic N) is 2. The second-order valence-corrected chi connectivity index (χ2v) is 8.32. The molecule has 2 heterocycles. The first-order chi connectivity index (χ1) is 11.9. The molecule has 6 heteroatoms. The molecule has 5 nitrogen and oxygen atoms in total. The standard InChI is InChI=1S/C19H25N3O2S/c1-13-21-14(11-25-13)10-24-16-7-5-4-6-15(16)18(23)22-9-8-17(20)19(2,3)12-22/h4-7,11,17H,8-10,12,20H2,1-3H3. The number of piperidine rings is 1. The lowest BCUT2D eigenvalue weighted by atomic mass is 9.79. The molecular formula is C19H25N3O2S. The molecule has 134 valence electrons. The molecule has 25 heavy (non-hydrogen) atoms. The molecule has 1 atom stereocenters. The topological polar surface area (TPSA) is 68.5 Å². The zero-order valence-electron chi connectivity index (χ0n) is 15.0. The minimum atomic E-state index is -0.0815. The molecule has 1 aromatic carbocycles. The number of carbonyl (C=O) groups is 1. The van der Waals surface area contributed by atoms with Crippen molar-refractivity contribution >= 4 is 17.2 Å². The van der Waals surface area contributed by atoms with Gasteiger partial charge in [-0.2, -0.15) is 0 Å². The van der Waals surface area contributed by atoms with Gasteiger partial charge in [0.15, 0.2) is 0 Å². The molecule has 1 fully saturated rings. The molecule has 3 rings (SSSR count). The van der Waals surface area contributed by atoms with Gasteiger partial charge in [-0.3, -0.25) is 4.79 Å². The number of nitrogens with two attached hydrogens (primary N) is 1. The Bertz CT molecular complexity index is 757. The van der Waals surface area contributed by atoms with Gasteiger partial charge < -0.3 is 15.4 Å². The molecule has 1 amide bonds. The Hall–Kier alpha value is -1.92. The van der Waals surface area contributed by atoms with E-state index in [9.17, 15) is 4.79 Å². The number of amides is 1. The van der Waals surface area contributed by atoms with Gasteiger partial charge in [0.25, 0.3) is 5.91 Å². The Morgan fingerprint density at radius 1 is 1.44 bits per heavy atom. The first kappa shape index (κ1) is 17.9. The summed E-state index contributed by atoms with van der Waals surface area (Å²) >= 11 is 1.59. The second kappa shape index (κ2) is 7.14. The Morgan fingerprint density at radius 3 is 2.88 bits per heavy atom. The molecule has 0 saturated carbocycles. The number of carbonyl (C=O) groups excluding carboxylic acids is 1. The highest BCUT2D eigenvalue weighted by Gasteiger charge is 2.36. The molecular weight excluding hydrogens is 334 g/mol. The van der Waals surface area contributed by atoms with Crippen molar-refractivity contribution in [3.05, 3.63) is 45.9 Å². The van der Waals surface area contributed by atoms with Gasteiger partial charge in [-0.05, 0) is 30.9 Å².